The lowest BCUT2D eigenvalue weighted by molar-refractivity contribution is 0.596. The van der Waals surface area contributed by atoms with Gasteiger partial charge in [0.25, 0.3) is 0 Å². The summed E-state index contributed by atoms with van der Waals surface area (Å²) in [6.07, 6.45) is 5.23. The topological polar surface area (TPSA) is 52.1 Å². The lowest BCUT2D eigenvalue weighted by Crippen LogP contribution is -2.12. The number of pyridine rings is 2. The number of aromatic nitrogens is 2. The predicted molar refractivity (Wildman–Crippen MR) is 129 cm³/mol. The zero-order valence-electron chi connectivity index (χ0n) is 18.2. The van der Waals surface area contributed by atoms with Gasteiger partial charge in [0.15, 0.2) is 5.76 Å². The highest BCUT2D eigenvalue weighted by Crippen LogP contribution is 2.38. The second-order valence-electron chi connectivity index (χ2n) is 9.17. The number of hydrogen-bond acceptors (Lipinski definition) is 4. The number of furan rings is 2. The normalized spacial score (nSPS) is 12.2. The molecular weight excluding hydrogens is 396 g/mol. The highest BCUT2D eigenvalue weighted by Gasteiger charge is 2.20. The van der Waals surface area contributed by atoms with Gasteiger partial charge in [-0.3, -0.25) is 9.97 Å². The van der Waals surface area contributed by atoms with Crippen LogP contribution in [-0.2, 0) is 5.41 Å². The van der Waals surface area contributed by atoms with E-state index in [-0.39, 0.29) is 5.41 Å². The van der Waals surface area contributed by atoms with Crippen molar-refractivity contribution in [1.82, 2.24) is 9.97 Å². The first-order valence-corrected chi connectivity index (χ1v) is 10.7. The SMILES string of the molecule is CC(C)(C)c1cc(-c2nccc3oc(-c4nccc5occc45)cc23)cc2ccccc12. The van der Waals surface area contributed by atoms with Crippen molar-refractivity contribution in [3.8, 4) is 22.7 Å². The smallest absolute Gasteiger partial charge is 0.154 e. The number of benzene rings is 2. The number of hydrogen-bond donors (Lipinski definition) is 0. The van der Waals surface area contributed by atoms with Crippen molar-refractivity contribution in [1.29, 1.82) is 0 Å². The highest BCUT2D eigenvalue weighted by atomic mass is 16.3. The molecule has 0 aliphatic rings. The Morgan fingerprint density at radius 2 is 1.50 bits per heavy atom. The van der Waals surface area contributed by atoms with Crippen molar-refractivity contribution in [3.05, 3.63) is 84.9 Å². The van der Waals surface area contributed by atoms with Crippen molar-refractivity contribution in [2.75, 3.05) is 0 Å². The van der Waals surface area contributed by atoms with E-state index in [2.05, 4.69) is 62.2 Å². The van der Waals surface area contributed by atoms with Crippen LogP contribution in [-0.4, -0.2) is 9.97 Å². The van der Waals surface area contributed by atoms with Gasteiger partial charge >= 0.3 is 0 Å². The van der Waals surface area contributed by atoms with E-state index in [1.807, 2.05) is 30.5 Å². The average Bonchev–Trinajstić information content (AvgIpc) is 3.44. The molecular formula is C28H22N2O2. The van der Waals surface area contributed by atoms with Crippen LogP contribution in [0, 0.1) is 0 Å². The van der Waals surface area contributed by atoms with Crippen LogP contribution >= 0.6 is 0 Å². The van der Waals surface area contributed by atoms with Crippen LogP contribution in [0.5, 0.6) is 0 Å². The van der Waals surface area contributed by atoms with E-state index < -0.39 is 0 Å². The van der Waals surface area contributed by atoms with Gasteiger partial charge in [0.05, 0.1) is 12.0 Å². The van der Waals surface area contributed by atoms with Gasteiger partial charge in [0.2, 0.25) is 0 Å². The third-order valence-electron chi connectivity index (χ3n) is 6.00. The molecule has 156 valence electrons. The molecule has 4 nitrogen and oxygen atoms in total. The Balaban J connectivity index is 1.60. The minimum absolute atomic E-state index is 0.00587. The lowest BCUT2D eigenvalue weighted by atomic mass is 9.82. The summed E-state index contributed by atoms with van der Waals surface area (Å²) in [5.74, 6) is 0.707. The first-order valence-electron chi connectivity index (χ1n) is 10.7. The largest absolute Gasteiger partial charge is 0.464 e. The molecule has 0 fully saturated rings. The van der Waals surface area contributed by atoms with E-state index in [0.717, 1.165) is 38.9 Å². The van der Waals surface area contributed by atoms with E-state index in [4.69, 9.17) is 13.8 Å². The van der Waals surface area contributed by atoms with E-state index in [0.29, 0.717) is 5.76 Å². The van der Waals surface area contributed by atoms with Crippen molar-refractivity contribution in [3.63, 3.8) is 0 Å². The van der Waals surface area contributed by atoms with E-state index in [1.165, 1.54) is 16.3 Å². The van der Waals surface area contributed by atoms with Gasteiger partial charge in [-0.15, -0.1) is 0 Å². The fraction of sp³-hybridized carbons (Fsp3) is 0.143. The first kappa shape index (κ1) is 18.8. The number of nitrogens with zero attached hydrogens (tertiary/aromatic N) is 2. The fourth-order valence-corrected chi connectivity index (χ4v) is 4.47. The molecule has 0 radical (unpaired) electrons. The molecule has 0 saturated heterocycles. The molecule has 6 aromatic rings. The zero-order chi connectivity index (χ0) is 21.9. The summed E-state index contributed by atoms with van der Waals surface area (Å²) in [4.78, 5) is 9.33. The first-order chi connectivity index (χ1) is 15.5. The molecule has 0 N–H and O–H groups in total. The molecule has 0 spiro atoms. The number of rotatable bonds is 2. The zero-order valence-corrected chi connectivity index (χ0v) is 18.2. The molecule has 2 aromatic carbocycles. The number of fused-ring (bicyclic) bond motifs is 3. The Kier molecular flexibility index (Phi) is 3.99. The molecule has 4 heterocycles. The van der Waals surface area contributed by atoms with E-state index in [1.54, 1.807) is 12.5 Å². The Morgan fingerprint density at radius 3 is 2.34 bits per heavy atom. The van der Waals surface area contributed by atoms with Crippen LogP contribution in [0.1, 0.15) is 26.3 Å². The van der Waals surface area contributed by atoms with Gasteiger partial charge in [0, 0.05) is 28.7 Å². The summed E-state index contributed by atoms with van der Waals surface area (Å²) >= 11 is 0. The molecule has 4 aromatic heterocycles. The Labute approximate surface area is 185 Å². The molecule has 0 unspecified atom stereocenters. The van der Waals surface area contributed by atoms with Gasteiger partial charge in [-0.05, 0) is 58.1 Å². The minimum atomic E-state index is 0.00587. The van der Waals surface area contributed by atoms with Crippen LogP contribution < -0.4 is 0 Å². The standard InChI is InChI=1S/C28H22N2O2/c1-28(2,3)22-15-18(14-17-6-4-5-7-19(17)22)26-21-16-25(32-24(21)9-12-29-26)27-20-10-13-31-23(20)8-11-30-27/h4-16H,1-3H3. The predicted octanol–water partition coefficient (Wildman–Crippen LogP) is 7.75. The van der Waals surface area contributed by atoms with Crippen molar-refractivity contribution in [2.45, 2.75) is 26.2 Å². The molecule has 32 heavy (non-hydrogen) atoms. The Morgan fingerprint density at radius 1 is 0.719 bits per heavy atom. The van der Waals surface area contributed by atoms with Crippen LogP contribution in [0.25, 0.3) is 55.4 Å². The molecule has 0 aliphatic heterocycles. The summed E-state index contributed by atoms with van der Waals surface area (Å²) < 4.78 is 11.8. The second-order valence-corrected chi connectivity index (χ2v) is 9.17. The second kappa shape index (κ2) is 6.79. The Bertz CT molecular complexity index is 1620. The molecule has 0 bridgehead atoms. The molecule has 4 heteroatoms. The summed E-state index contributed by atoms with van der Waals surface area (Å²) in [5, 5.41) is 4.39. The Hall–Kier alpha value is -3.92. The molecule has 0 amide bonds. The van der Waals surface area contributed by atoms with Gasteiger partial charge in [-0.25, -0.2) is 0 Å². The van der Waals surface area contributed by atoms with Crippen molar-refractivity contribution in [2.24, 2.45) is 0 Å². The monoisotopic (exact) mass is 418 g/mol. The third-order valence-corrected chi connectivity index (χ3v) is 6.00. The van der Waals surface area contributed by atoms with E-state index in [9.17, 15) is 0 Å². The van der Waals surface area contributed by atoms with Crippen LogP contribution in [0.4, 0.5) is 0 Å². The van der Waals surface area contributed by atoms with Crippen LogP contribution in [0.3, 0.4) is 0 Å². The van der Waals surface area contributed by atoms with Gasteiger partial charge < -0.3 is 8.83 Å². The molecule has 6 rings (SSSR count). The highest BCUT2D eigenvalue weighted by molar-refractivity contribution is 6.00. The maximum Gasteiger partial charge on any atom is 0.154 e. The van der Waals surface area contributed by atoms with E-state index >= 15 is 0 Å². The fourth-order valence-electron chi connectivity index (χ4n) is 4.47. The molecule has 0 aliphatic carbocycles. The summed E-state index contributed by atoms with van der Waals surface area (Å²) in [6.45, 7) is 6.75. The van der Waals surface area contributed by atoms with Crippen molar-refractivity contribution >= 4 is 32.7 Å². The lowest BCUT2D eigenvalue weighted by Gasteiger charge is -2.22. The maximum atomic E-state index is 6.23. The van der Waals surface area contributed by atoms with Crippen molar-refractivity contribution < 1.29 is 8.83 Å². The summed E-state index contributed by atoms with van der Waals surface area (Å²) in [6, 6.07) is 20.8. The maximum absolute atomic E-state index is 6.23. The minimum Gasteiger partial charge on any atom is -0.464 e. The van der Waals surface area contributed by atoms with Gasteiger partial charge in [-0.1, -0.05) is 45.0 Å². The van der Waals surface area contributed by atoms with Gasteiger partial charge in [-0.2, -0.15) is 0 Å². The molecule has 0 atom stereocenters. The average molecular weight is 418 g/mol. The van der Waals surface area contributed by atoms with Gasteiger partial charge in [0.1, 0.15) is 16.9 Å². The van der Waals surface area contributed by atoms with Crippen LogP contribution in [0.15, 0.2) is 88.2 Å². The molecule has 0 saturated carbocycles. The summed E-state index contributed by atoms with van der Waals surface area (Å²) in [5.41, 5.74) is 5.65. The summed E-state index contributed by atoms with van der Waals surface area (Å²) in [7, 11) is 0. The van der Waals surface area contributed by atoms with Crippen LogP contribution in [0.2, 0.25) is 0 Å². The quantitative estimate of drug-likeness (QED) is 0.288. The third kappa shape index (κ3) is 2.91.